The number of carboxylic acids is 1. The fraction of sp³-hybridized carbons (Fsp3) is 0.158. The van der Waals surface area contributed by atoms with E-state index in [-0.39, 0.29) is 0 Å². The molecule has 2 aromatic carbocycles. The van der Waals surface area contributed by atoms with Gasteiger partial charge in [-0.3, -0.25) is 15.1 Å². The number of aryl methyl sites for hydroxylation is 1. The molecule has 5 heteroatoms. The van der Waals surface area contributed by atoms with Crippen LogP contribution in [0.4, 0.5) is 0 Å². The SMILES string of the molecule is Cc1cc(C(NCc2ccc3ncccc3c2)C(=O)O)ccc1Cl. The molecule has 2 N–H and O–H groups in total. The maximum Gasteiger partial charge on any atom is 0.325 e. The van der Waals surface area contributed by atoms with E-state index in [4.69, 9.17) is 11.6 Å². The highest BCUT2D eigenvalue weighted by molar-refractivity contribution is 6.31. The Morgan fingerprint density at radius 1 is 1.25 bits per heavy atom. The predicted molar refractivity (Wildman–Crippen MR) is 95.1 cm³/mol. The lowest BCUT2D eigenvalue weighted by molar-refractivity contribution is -0.139. The summed E-state index contributed by atoms with van der Waals surface area (Å²) in [6.45, 7) is 2.31. The van der Waals surface area contributed by atoms with Crippen molar-refractivity contribution in [1.82, 2.24) is 10.3 Å². The average molecular weight is 341 g/mol. The quantitative estimate of drug-likeness (QED) is 0.733. The van der Waals surface area contributed by atoms with E-state index in [1.54, 1.807) is 24.4 Å². The first kappa shape index (κ1) is 16.4. The average Bonchev–Trinajstić information content (AvgIpc) is 2.57. The van der Waals surface area contributed by atoms with Crippen LogP contribution in [0.5, 0.6) is 0 Å². The van der Waals surface area contributed by atoms with Crippen molar-refractivity contribution < 1.29 is 9.90 Å². The molecule has 1 heterocycles. The molecule has 1 unspecified atom stereocenters. The van der Waals surface area contributed by atoms with Gasteiger partial charge in [0.25, 0.3) is 0 Å². The van der Waals surface area contributed by atoms with Crippen LogP contribution in [0.1, 0.15) is 22.7 Å². The van der Waals surface area contributed by atoms with Crippen LogP contribution in [0, 0.1) is 6.92 Å². The highest BCUT2D eigenvalue weighted by Crippen LogP contribution is 2.22. The van der Waals surface area contributed by atoms with E-state index in [2.05, 4.69) is 10.3 Å². The third-order valence-electron chi connectivity index (χ3n) is 3.94. The molecule has 24 heavy (non-hydrogen) atoms. The molecule has 0 aliphatic rings. The van der Waals surface area contributed by atoms with E-state index in [1.807, 2.05) is 37.3 Å². The van der Waals surface area contributed by atoms with Crippen LogP contribution in [-0.2, 0) is 11.3 Å². The zero-order chi connectivity index (χ0) is 17.1. The van der Waals surface area contributed by atoms with Crippen LogP contribution in [0.25, 0.3) is 10.9 Å². The molecule has 0 amide bonds. The largest absolute Gasteiger partial charge is 0.480 e. The first-order valence-corrected chi connectivity index (χ1v) is 7.98. The van der Waals surface area contributed by atoms with Crippen LogP contribution in [-0.4, -0.2) is 16.1 Å². The summed E-state index contributed by atoms with van der Waals surface area (Å²) >= 11 is 6.02. The van der Waals surface area contributed by atoms with E-state index >= 15 is 0 Å². The number of nitrogens with one attached hydrogen (secondary N) is 1. The number of aliphatic carboxylic acids is 1. The van der Waals surface area contributed by atoms with Crippen molar-refractivity contribution in [2.75, 3.05) is 0 Å². The number of hydrogen-bond donors (Lipinski definition) is 2. The molecule has 122 valence electrons. The molecule has 0 saturated heterocycles. The monoisotopic (exact) mass is 340 g/mol. The van der Waals surface area contributed by atoms with Crippen molar-refractivity contribution in [1.29, 1.82) is 0 Å². The minimum atomic E-state index is -0.917. The Kier molecular flexibility index (Phi) is 4.79. The van der Waals surface area contributed by atoms with Gasteiger partial charge in [0.05, 0.1) is 5.52 Å². The molecule has 1 aromatic heterocycles. The van der Waals surface area contributed by atoms with Gasteiger partial charge in [-0.05, 0) is 47.9 Å². The molecule has 0 aliphatic carbocycles. The van der Waals surface area contributed by atoms with Gasteiger partial charge in [-0.15, -0.1) is 0 Å². The molecule has 0 bridgehead atoms. The smallest absolute Gasteiger partial charge is 0.325 e. The predicted octanol–water partition coefficient (Wildman–Crippen LogP) is 4.11. The van der Waals surface area contributed by atoms with Gasteiger partial charge in [-0.25, -0.2) is 0 Å². The Hall–Kier alpha value is -2.43. The van der Waals surface area contributed by atoms with Crippen LogP contribution in [0.15, 0.2) is 54.7 Å². The fourth-order valence-electron chi connectivity index (χ4n) is 2.65. The van der Waals surface area contributed by atoms with Gasteiger partial charge in [0, 0.05) is 23.2 Å². The maximum absolute atomic E-state index is 11.6. The molecule has 3 aromatic rings. The standard InChI is InChI=1S/C19H17ClN2O2/c1-12-9-15(5-6-16(12)20)18(19(23)24)22-11-13-4-7-17-14(10-13)3-2-8-21-17/h2-10,18,22H,11H2,1H3,(H,23,24). The van der Waals surface area contributed by atoms with Crippen LogP contribution in [0.3, 0.4) is 0 Å². The number of nitrogens with zero attached hydrogens (tertiary/aromatic N) is 1. The Balaban J connectivity index is 1.80. The van der Waals surface area contributed by atoms with Crippen LogP contribution >= 0.6 is 11.6 Å². The lowest BCUT2D eigenvalue weighted by Gasteiger charge is -2.16. The summed E-state index contributed by atoms with van der Waals surface area (Å²) in [4.78, 5) is 15.9. The summed E-state index contributed by atoms with van der Waals surface area (Å²) < 4.78 is 0. The molecule has 0 aliphatic heterocycles. The molecular formula is C19H17ClN2O2. The second-order valence-corrected chi connectivity index (χ2v) is 6.10. The first-order valence-electron chi connectivity index (χ1n) is 7.60. The van der Waals surface area contributed by atoms with Gasteiger partial charge in [0.2, 0.25) is 0 Å². The number of aromatic nitrogens is 1. The van der Waals surface area contributed by atoms with E-state index < -0.39 is 12.0 Å². The first-order chi connectivity index (χ1) is 11.5. The summed E-state index contributed by atoms with van der Waals surface area (Å²) in [5.41, 5.74) is 3.47. The summed E-state index contributed by atoms with van der Waals surface area (Å²) in [6.07, 6.45) is 1.75. The number of rotatable bonds is 5. The summed E-state index contributed by atoms with van der Waals surface area (Å²) in [6, 6.07) is 14.3. The number of hydrogen-bond acceptors (Lipinski definition) is 3. The number of fused-ring (bicyclic) bond motifs is 1. The van der Waals surface area contributed by atoms with Crippen LogP contribution < -0.4 is 5.32 Å². The minimum absolute atomic E-state index is 0.448. The number of benzene rings is 2. The molecular weight excluding hydrogens is 324 g/mol. The molecule has 0 spiro atoms. The van der Waals surface area contributed by atoms with Crippen molar-refractivity contribution in [2.24, 2.45) is 0 Å². The second kappa shape index (κ2) is 6.99. The van der Waals surface area contributed by atoms with Crippen LogP contribution in [0.2, 0.25) is 5.02 Å². The highest BCUT2D eigenvalue weighted by Gasteiger charge is 2.19. The van der Waals surface area contributed by atoms with Crippen molar-refractivity contribution in [2.45, 2.75) is 19.5 Å². The third kappa shape index (κ3) is 3.55. The van der Waals surface area contributed by atoms with Crippen molar-refractivity contribution >= 4 is 28.5 Å². The van der Waals surface area contributed by atoms with Gasteiger partial charge < -0.3 is 5.11 Å². The number of carboxylic acid groups (broad SMARTS) is 1. The van der Waals surface area contributed by atoms with E-state index in [9.17, 15) is 9.90 Å². The van der Waals surface area contributed by atoms with E-state index in [0.717, 1.165) is 22.0 Å². The van der Waals surface area contributed by atoms with Gasteiger partial charge >= 0.3 is 5.97 Å². The van der Waals surface area contributed by atoms with Crippen molar-refractivity contribution in [3.8, 4) is 0 Å². The van der Waals surface area contributed by atoms with E-state index in [1.165, 1.54) is 0 Å². The topological polar surface area (TPSA) is 62.2 Å². The lowest BCUT2D eigenvalue weighted by Crippen LogP contribution is -2.28. The summed E-state index contributed by atoms with van der Waals surface area (Å²) in [7, 11) is 0. The Morgan fingerprint density at radius 2 is 2.08 bits per heavy atom. The van der Waals surface area contributed by atoms with Gasteiger partial charge in [0.15, 0.2) is 0 Å². The molecule has 0 saturated carbocycles. The fourth-order valence-corrected chi connectivity index (χ4v) is 2.77. The molecule has 3 rings (SSSR count). The number of halogens is 1. The van der Waals surface area contributed by atoms with Gasteiger partial charge in [-0.2, -0.15) is 0 Å². The third-order valence-corrected chi connectivity index (χ3v) is 4.36. The minimum Gasteiger partial charge on any atom is -0.480 e. The van der Waals surface area contributed by atoms with Gasteiger partial charge in [-0.1, -0.05) is 35.9 Å². The second-order valence-electron chi connectivity index (χ2n) is 5.69. The molecule has 0 radical (unpaired) electrons. The number of carbonyl (C=O) groups is 1. The zero-order valence-electron chi connectivity index (χ0n) is 13.2. The zero-order valence-corrected chi connectivity index (χ0v) is 13.9. The van der Waals surface area contributed by atoms with Crippen molar-refractivity contribution in [3.05, 3.63) is 76.4 Å². The number of pyridine rings is 1. The Morgan fingerprint density at radius 3 is 2.83 bits per heavy atom. The maximum atomic E-state index is 11.6. The highest BCUT2D eigenvalue weighted by atomic mass is 35.5. The van der Waals surface area contributed by atoms with Gasteiger partial charge in [0.1, 0.15) is 6.04 Å². The van der Waals surface area contributed by atoms with Crippen molar-refractivity contribution in [3.63, 3.8) is 0 Å². The normalized spacial score (nSPS) is 12.2. The van der Waals surface area contributed by atoms with E-state index in [0.29, 0.717) is 17.1 Å². The Bertz CT molecular complexity index is 895. The molecule has 1 atom stereocenters. The molecule has 0 fully saturated rings. The lowest BCUT2D eigenvalue weighted by atomic mass is 10.0. The molecule has 4 nitrogen and oxygen atoms in total. The summed E-state index contributed by atoms with van der Waals surface area (Å²) in [5.74, 6) is -0.917. The Labute approximate surface area is 145 Å². The summed E-state index contributed by atoms with van der Waals surface area (Å²) in [5, 5.41) is 14.3.